The lowest BCUT2D eigenvalue weighted by molar-refractivity contribution is 0.718. The molecule has 152 valence electrons. The average Bonchev–Trinajstić information content (AvgIpc) is 2.62. The lowest BCUT2D eigenvalue weighted by Gasteiger charge is -2.22. The zero-order valence-corrected chi connectivity index (χ0v) is 19.4. The van der Waals surface area contributed by atoms with E-state index in [2.05, 4.69) is 90.9 Å². The second-order valence-electron chi connectivity index (χ2n) is 8.84. The quantitative estimate of drug-likeness (QED) is 0.373. The molecule has 0 N–H and O–H groups in total. The highest BCUT2D eigenvalue weighted by Crippen LogP contribution is 2.41. The third kappa shape index (κ3) is 4.47. The molecule has 0 saturated heterocycles. The smallest absolute Gasteiger partial charge is 0.00678 e. The van der Waals surface area contributed by atoms with Gasteiger partial charge in [-0.2, -0.15) is 0 Å². The summed E-state index contributed by atoms with van der Waals surface area (Å²) in [4.78, 5) is 0. The molecule has 3 rings (SSSR count). The summed E-state index contributed by atoms with van der Waals surface area (Å²) in [6.45, 7) is 15.7. The Kier molecular flexibility index (Phi) is 6.63. The molecule has 0 amide bonds. The molecule has 0 heteroatoms. The number of benzene rings is 3. The van der Waals surface area contributed by atoms with Crippen LogP contribution in [0.25, 0.3) is 22.3 Å². The van der Waals surface area contributed by atoms with Gasteiger partial charge in [0.25, 0.3) is 0 Å². The molecule has 0 radical (unpaired) electrons. The minimum atomic E-state index is 1.15. The van der Waals surface area contributed by atoms with E-state index in [0.717, 1.165) is 6.42 Å². The molecule has 0 unspecified atom stereocenters. The van der Waals surface area contributed by atoms with Crippen LogP contribution in [0, 0.1) is 41.5 Å². The SMILES string of the molecule is CCCCCc1cccc(-c2c(C)cc(C)cc2C)c1-c1c(C)cc(C)cc1C. The topological polar surface area (TPSA) is 0 Å². The second kappa shape index (κ2) is 8.99. The second-order valence-corrected chi connectivity index (χ2v) is 8.84. The van der Waals surface area contributed by atoms with Crippen molar-refractivity contribution in [2.45, 2.75) is 74.1 Å². The van der Waals surface area contributed by atoms with E-state index in [0.29, 0.717) is 0 Å². The minimum Gasteiger partial charge on any atom is -0.0654 e. The normalized spacial score (nSPS) is 11.1. The summed E-state index contributed by atoms with van der Waals surface area (Å²) in [6, 6.07) is 16.3. The van der Waals surface area contributed by atoms with Crippen molar-refractivity contribution in [1.29, 1.82) is 0 Å². The molecule has 0 heterocycles. The summed E-state index contributed by atoms with van der Waals surface area (Å²) in [5, 5.41) is 0. The molecule has 0 aliphatic rings. The van der Waals surface area contributed by atoms with E-state index in [-0.39, 0.29) is 0 Å². The Hall–Kier alpha value is -2.34. The molecule has 0 saturated carbocycles. The summed E-state index contributed by atoms with van der Waals surface area (Å²) in [6.07, 6.45) is 4.95. The van der Waals surface area contributed by atoms with Gasteiger partial charge in [-0.1, -0.05) is 73.4 Å². The Bertz CT molecular complexity index is 974. The highest BCUT2D eigenvalue weighted by molar-refractivity contribution is 5.90. The van der Waals surface area contributed by atoms with E-state index >= 15 is 0 Å². The Morgan fingerprint density at radius 3 is 1.62 bits per heavy atom. The van der Waals surface area contributed by atoms with Crippen LogP contribution in [0.2, 0.25) is 0 Å². The van der Waals surface area contributed by atoms with Crippen molar-refractivity contribution in [3.63, 3.8) is 0 Å². The van der Waals surface area contributed by atoms with Crippen molar-refractivity contribution in [2.24, 2.45) is 0 Å². The first-order valence-corrected chi connectivity index (χ1v) is 11.1. The van der Waals surface area contributed by atoms with Gasteiger partial charge in [-0.3, -0.25) is 0 Å². The first-order valence-electron chi connectivity index (χ1n) is 11.1. The maximum absolute atomic E-state index is 2.35. The van der Waals surface area contributed by atoms with Crippen LogP contribution in [0.15, 0.2) is 42.5 Å². The van der Waals surface area contributed by atoms with Crippen molar-refractivity contribution in [3.05, 3.63) is 81.4 Å². The van der Waals surface area contributed by atoms with Crippen LogP contribution >= 0.6 is 0 Å². The standard InChI is InChI=1S/C29H36/c1-8-9-10-12-25-13-11-14-26(27-21(4)15-19(2)16-22(27)5)29(25)28-23(6)17-20(3)18-24(28)7/h11,13-18H,8-10,12H2,1-7H3. The van der Waals surface area contributed by atoms with E-state index < -0.39 is 0 Å². The number of rotatable bonds is 6. The molecular weight excluding hydrogens is 348 g/mol. The Morgan fingerprint density at radius 2 is 1.10 bits per heavy atom. The van der Waals surface area contributed by atoms with E-state index in [4.69, 9.17) is 0 Å². The zero-order valence-electron chi connectivity index (χ0n) is 19.4. The van der Waals surface area contributed by atoms with Crippen LogP contribution in [0.3, 0.4) is 0 Å². The molecule has 0 fully saturated rings. The predicted molar refractivity (Wildman–Crippen MR) is 129 cm³/mol. The average molecular weight is 385 g/mol. The fraction of sp³-hybridized carbons (Fsp3) is 0.379. The van der Waals surface area contributed by atoms with Crippen molar-refractivity contribution in [1.82, 2.24) is 0 Å². The van der Waals surface area contributed by atoms with Crippen molar-refractivity contribution < 1.29 is 0 Å². The summed E-state index contributed by atoms with van der Waals surface area (Å²) < 4.78 is 0. The summed E-state index contributed by atoms with van der Waals surface area (Å²) in [5.74, 6) is 0. The minimum absolute atomic E-state index is 1.15. The van der Waals surface area contributed by atoms with Gasteiger partial charge in [0.05, 0.1) is 0 Å². The lowest BCUT2D eigenvalue weighted by atomic mass is 9.82. The van der Waals surface area contributed by atoms with E-state index in [1.54, 1.807) is 0 Å². The van der Waals surface area contributed by atoms with E-state index in [1.165, 1.54) is 80.5 Å². The number of hydrogen-bond donors (Lipinski definition) is 0. The predicted octanol–water partition coefficient (Wildman–Crippen LogP) is 8.60. The van der Waals surface area contributed by atoms with Gasteiger partial charge in [0.1, 0.15) is 0 Å². The molecule has 0 aliphatic carbocycles. The molecule has 3 aromatic rings. The molecule has 3 aromatic carbocycles. The summed E-state index contributed by atoms with van der Waals surface area (Å²) in [7, 11) is 0. The van der Waals surface area contributed by atoms with Crippen LogP contribution in [0.4, 0.5) is 0 Å². The number of aryl methyl sites for hydroxylation is 7. The Balaban J connectivity index is 2.33. The van der Waals surface area contributed by atoms with Gasteiger partial charge in [-0.05, 0) is 104 Å². The van der Waals surface area contributed by atoms with Crippen LogP contribution in [-0.2, 0) is 6.42 Å². The fourth-order valence-corrected chi connectivity index (χ4v) is 5.06. The van der Waals surface area contributed by atoms with Gasteiger partial charge in [-0.15, -0.1) is 0 Å². The third-order valence-corrected chi connectivity index (χ3v) is 6.07. The van der Waals surface area contributed by atoms with Gasteiger partial charge in [0.2, 0.25) is 0 Å². The fourth-order valence-electron chi connectivity index (χ4n) is 5.06. The van der Waals surface area contributed by atoms with Crippen LogP contribution in [0.1, 0.15) is 65.1 Å². The first kappa shape index (κ1) is 21.4. The van der Waals surface area contributed by atoms with Gasteiger partial charge < -0.3 is 0 Å². The van der Waals surface area contributed by atoms with Gasteiger partial charge in [0.15, 0.2) is 0 Å². The van der Waals surface area contributed by atoms with Gasteiger partial charge >= 0.3 is 0 Å². The Morgan fingerprint density at radius 1 is 0.586 bits per heavy atom. The molecular formula is C29H36. The van der Waals surface area contributed by atoms with Crippen LogP contribution < -0.4 is 0 Å². The highest BCUT2D eigenvalue weighted by atomic mass is 14.2. The van der Waals surface area contributed by atoms with Crippen molar-refractivity contribution >= 4 is 0 Å². The molecule has 0 atom stereocenters. The molecule has 0 aromatic heterocycles. The number of hydrogen-bond acceptors (Lipinski definition) is 0. The number of unbranched alkanes of at least 4 members (excludes halogenated alkanes) is 2. The summed E-state index contributed by atoms with van der Waals surface area (Å²) in [5.41, 5.74) is 15.4. The lowest BCUT2D eigenvalue weighted by Crippen LogP contribution is -2.00. The van der Waals surface area contributed by atoms with Gasteiger partial charge in [0, 0.05) is 0 Å². The maximum atomic E-state index is 2.35. The van der Waals surface area contributed by atoms with E-state index in [1.807, 2.05) is 0 Å². The van der Waals surface area contributed by atoms with Crippen LogP contribution in [0.5, 0.6) is 0 Å². The highest BCUT2D eigenvalue weighted by Gasteiger charge is 2.19. The van der Waals surface area contributed by atoms with Crippen molar-refractivity contribution in [2.75, 3.05) is 0 Å². The molecule has 0 aliphatic heterocycles. The van der Waals surface area contributed by atoms with E-state index in [9.17, 15) is 0 Å². The van der Waals surface area contributed by atoms with Crippen LogP contribution in [-0.4, -0.2) is 0 Å². The molecule has 0 bridgehead atoms. The molecule has 0 spiro atoms. The third-order valence-electron chi connectivity index (χ3n) is 6.07. The van der Waals surface area contributed by atoms with Crippen molar-refractivity contribution in [3.8, 4) is 22.3 Å². The first-order chi connectivity index (χ1) is 13.8. The maximum Gasteiger partial charge on any atom is -0.00678 e. The Labute approximate surface area is 178 Å². The summed E-state index contributed by atoms with van der Waals surface area (Å²) >= 11 is 0. The van der Waals surface area contributed by atoms with Gasteiger partial charge in [-0.25, -0.2) is 0 Å². The monoisotopic (exact) mass is 384 g/mol. The zero-order chi connectivity index (χ0) is 21.1. The molecule has 29 heavy (non-hydrogen) atoms. The largest absolute Gasteiger partial charge is 0.0654 e. The molecule has 0 nitrogen and oxygen atoms in total.